The lowest BCUT2D eigenvalue weighted by molar-refractivity contribution is 0.102. The van der Waals surface area contributed by atoms with Crippen LogP contribution in [0.25, 0.3) is 0 Å². The molecule has 0 saturated carbocycles. The maximum absolute atomic E-state index is 11.8. The van der Waals surface area contributed by atoms with Crippen LogP contribution in [0.1, 0.15) is 15.9 Å². The van der Waals surface area contributed by atoms with E-state index in [1.54, 1.807) is 43.0 Å². The molecule has 2 heterocycles. The van der Waals surface area contributed by atoms with Gasteiger partial charge in [0.2, 0.25) is 0 Å². The summed E-state index contributed by atoms with van der Waals surface area (Å²) in [6.45, 7) is 1.90. The monoisotopic (exact) mass is 213 g/mol. The molecule has 16 heavy (non-hydrogen) atoms. The second kappa shape index (κ2) is 4.53. The van der Waals surface area contributed by atoms with Crippen molar-refractivity contribution >= 4 is 11.6 Å². The summed E-state index contributed by atoms with van der Waals surface area (Å²) in [5.74, 6) is -0.164. The van der Waals surface area contributed by atoms with Crippen molar-refractivity contribution in [3.05, 3.63) is 54.1 Å². The fourth-order valence-electron chi connectivity index (χ4n) is 1.32. The first-order valence-corrected chi connectivity index (χ1v) is 4.89. The van der Waals surface area contributed by atoms with Crippen molar-refractivity contribution in [2.45, 2.75) is 6.92 Å². The zero-order chi connectivity index (χ0) is 11.4. The number of hydrogen-bond donors (Lipinski definition) is 1. The van der Waals surface area contributed by atoms with Gasteiger partial charge in [0.15, 0.2) is 0 Å². The highest BCUT2D eigenvalue weighted by atomic mass is 16.1. The highest BCUT2D eigenvalue weighted by molar-refractivity contribution is 6.04. The molecular formula is C12H11N3O. The van der Waals surface area contributed by atoms with Crippen LogP contribution in [0.4, 0.5) is 5.69 Å². The number of carbonyl (C=O) groups excluding carboxylic acids is 1. The fourth-order valence-corrected chi connectivity index (χ4v) is 1.32. The minimum absolute atomic E-state index is 0.164. The molecular weight excluding hydrogens is 202 g/mol. The summed E-state index contributed by atoms with van der Waals surface area (Å²) >= 11 is 0. The predicted octanol–water partition coefficient (Wildman–Crippen LogP) is 2.04. The first-order chi connectivity index (χ1) is 7.75. The van der Waals surface area contributed by atoms with Crippen molar-refractivity contribution in [2.75, 3.05) is 5.32 Å². The van der Waals surface area contributed by atoms with Gasteiger partial charge in [-0.1, -0.05) is 0 Å². The highest BCUT2D eigenvalue weighted by Crippen LogP contribution is 2.07. The average molecular weight is 213 g/mol. The van der Waals surface area contributed by atoms with Gasteiger partial charge in [-0.15, -0.1) is 0 Å². The van der Waals surface area contributed by atoms with Gasteiger partial charge in [0, 0.05) is 30.5 Å². The van der Waals surface area contributed by atoms with E-state index in [1.807, 2.05) is 6.92 Å². The molecule has 2 aromatic rings. The van der Waals surface area contributed by atoms with Crippen molar-refractivity contribution in [1.82, 2.24) is 9.97 Å². The maximum Gasteiger partial charge on any atom is 0.257 e. The van der Waals surface area contributed by atoms with Gasteiger partial charge in [0.1, 0.15) is 0 Å². The van der Waals surface area contributed by atoms with Crippen molar-refractivity contribution < 1.29 is 4.79 Å². The molecule has 1 amide bonds. The molecule has 1 N–H and O–H groups in total. The Morgan fingerprint density at radius 3 is 2.62 bits per heavy atom. The zero-order valence-electron chi connectivity index (χ0n) is 8.84. The Morgan fingerprint density at radius 2 is 1.94 bits per heavy atom. The molecule has 0 atom stereocenters. The van der Waals surface area contributed by atoms with Gasteiger partial charge in [0.25, 0.3) is 5.91 Å². The SMILES string of the molecule is Cc1cncc(C(=O)Nc2ccncc2)c1. The van der Waals surface area contributed by atoms with Gasteiger partial charge in [-0.05, 0) is 30.7 Å². The van der Waals surface area contributed by atoms with Gasteiger partial charge in [-0.2, -0.15) is 0 Å². The van der Waals surface area contributed by atoms with Crippen LogP contribution >= 0.6 is 0 Å². The van der Waals surface area contributed by atoms with Crippen LogP contribution in [0.3, 0.4) is 0 Å². The summed E-state index contributed by atoms with van der Waals surface area (Å²) in [6.07, 6.45) is 6.51. The smallest absolute Gasteiger partial charge is 0.257 e. The Hall–Kier alpha value is -2.23. The molecule has 80 valence electrons. The largest absolute Gasteiger partial charge is 0.322 e. The summed E-state index contributed by atoms with van der Waals surface area (Å²) in [6, 6.07) is 5.27. The number of rotatable bonds is 2. The maximum atomic E-state index is 11.8. The first-order valence-electron chi connectivity index (χ1n) is 4.89. The standard InChI is InChI=1S/C12H11N3O/c1-9-6-10(8-14-7-9)12(16)15-11-2-4-13-5-3-11/h2-8H,1H3,(H,13,15,16). The van der Waals surface area contributed by atoms with Crippen molar-refractivity contribution in [1.29, 1.82) is 0 Å². The third-order valence-electron chi connectivity index (χ3n) is 2.08. The topological polar surface area (TPSA) is 54.9 Å². The third-order valence-corrected chi connectivity index (χ3v) is 2.08. The van der Waals surface area contributed by atoms with Gasteiger partial charge in [-0.3, -0.25) is 14.8 Å². The molecule has 4 heteroatoms. The van der Waals surface area contributed by atoms with Crippen LogP contribution in [0.15, 0.2) is 43.0 Å². The van der Waals surface area contributed by atoms with Crippen LogP contribution in [0, 0.1) is 6.92 Å². The first kappa shape index (κ1) is 10.3. The number of pyridine rings is 2. The second-order valence-electron chi connectivity index (χ2n) is 3.44. The van der Waals surface area contributed by atoms with Gasteiger partial charge >= 0.3 is 0 Å². The van der Waals surface area contributed by atoms with Crippen molar-refractivity contribution in [2.24, 2.45) is 0 Å². The minimum atomic E-state index is -0.164. The van der Waals surface area contributed by atoms with E-state index in [4.69, 9.17) is 0 Å². The zero-order valence-corrected chi connectivity index (χ0v) is 8.84. The van der Waals surface area contributed by atoms with E-state index in [0.29, 0.717) is 5.56 Å². The third kappa shape index (κ3) is 2.42. The number of aryl methyl sites for hydroxylation is 1. The highest BCUT2D eigenvalue weighted by Gasteiger charge is 2.05. The molecule has 0 saturated heterocycles. The van der Waals surface area contributed by atoms with E-state index in [1.165, 1.54) is 0 Å². The molecule has 0 radical (unpaired) electrons. The van der Waals surface area contributed by atoms with E-state index in [9.17, 15) is 4.79 Å². The number of amides is 1. The second-order valence-corrected chi connectivity index (χ2v) is 3.44. The normalized spacial score (nSPS) is 9.81. The lowest BCUT2D eigenvalue weighted by atomic mass is 10.2. The molecule has 2 aromatic heterocycles. The number of aromatic nitrogens is 2. The molecule has 0 aliphatic rings. The van der Waals surface area contributed by atoms with E-state index in [0.717, 1.165) is 11.3 Å². The summed E-state index contributed by atoms with van der Waals surface area (Å²) < 4.78 is 0. The Morgan fingerprint density at radius 1 is 1.19 bits per heavy atom. The predicted molar refractivity (Wildman–Crippen MR) is 61.2 cm³/mol. The number of hydrogen-bond acceptors (Lipinski definition) is 3. The molecule has 0 aliphatic carbocycles. The molecule has 4 nitrogen and oxygen atoms in total. The summed E-state index contributed by atoms with van der Waals surface area (Å²) in [5, 5.41) is 2.77. The van der Waals surface area contributed by atoms with Crippen LogP contribution in [0.2, 0.25) is 0 Å². The van der Waals surface area contributed by atoms with E-state index in [2.05, 4.69) is 15.3 Å². The molecule has 0 bridgehead atoms. The van der Waals surface area contributed by atoms with E-state index in [-0.39, 0.29) is 5.91 Å². The van der Waals surface area contributed by atoms with Crippen molar-refractivity contribution in [3.63, 3.8) is 0 Å². The average Bonchev–Trinajstić information content (AvgIpc) is 2.30. The van der Waals surface area contributed by atoms with Crippen LogP contribution in [-0.2, 0) is 0 Å². The van der Waals surface area contributed by atoms with E-state index >= 15 is 0 Å². The number of anilines is 1. The molecule has 0 fully saturated rings. The lowest BCUT2D eigenvalue weighted by Crippen LogP contribution is -2.12. The Kier molecular flexibility index (Phi) is 2.91. The van der Waals surface area contributed by atoms with Crippen LogP contribution in [0.5, 0.6) is 0 Å². The lowest BCUT2D eigenvalue weighted by Gasteiger charge is -2.04. The molecule has 0 aromatic carbocycles. The molecule has 2 rings (SSSR count). The number of nitrogens with zero attached hydrogens (tertiary/aromatic N) is 2. The summed E-state index contributed by atoms with van der Waals surface area (Å²) in [7, 11) is 0. The summed E-state index contributed by atoms with van der Waals surface area (Å²) in [4.78, 5) is 19.6. The van der Waals surface area contributed by atoms with Gasteiger partial charge in [-0.25, -0.2) is 0 Å². The van der Waals surface area contributed by atoms with Crippen LogP contribution in [-0.4, -0.2) is 15.9 Å². The Bertz CT molecular complexity index is 497. The minimum Gasteiger partial charge on any atom is -0.322 e. The Labute approximate surface area is 93.4 Å². The molecule has 0 spiro atoms. The van der Waals surface area contributed by atoms with E-state index < -0.39 is 0 Å². The summed E-state index contributed by atoms with van der Waals surface area (Å²) in [5.41, 5.74) is 2.24. The molecule has 0 aliphatic heterocycles. The van der Waals surface area contributed by atoms with Gasteiger partial charge in [0.05, 0.1) is 5.56 Å². The quantitative estimate of drug-likeness (QED) is 0.830. The number of nitrogens with one attached hydrogen (secondary N) is 1. The number of carbonyl (C=O) groups is 1. The van der Waals surface area contributed by atoms with Gasteiger partial charge < -0.3 is 5.32 Å². The van der Waals surface area contributed by atoms with Crippen molar-refractivity contribution in [3.8, 4) is 0 Å². The molecule has 0 unspecified atom stereocenters. The Balaban J connectivity index is 2.15. The van der Waals surface area contributed by atoms with Crippen LogP contribution < -0.4 is 5.32 Å². The fraction of sp³-hybridized carbons (Fsp3) is 0.0833.